The first-order chi connectivity index (χ1) is 19.2. The Kier molecular flexibility index (Phi) is 7.38. The summed E-state index contributed by atoms with van der Waals surface area (Å²) in [6.45, 7) is 12.1. The van der Waals surface area contributed by atoms with E-state index in [0.717, 1.165) is 22.6 Å². The van der Waals surface area contributed by atoms with Gasteiger partial charge in [0.1, 0.15) is 11.8 Å². The van der Waals surface area contributed by atoms with Crippen LogP contribution in [-0.4, -0.2) is 28.8 Å². The van der Waals surface area contributed by atoms with Gasteiger partial charge in [0.2, 0.25) is 0 Å². The van der Waals surface area contributed by atoms with Crippen LogP contribution >= 0.6 is 11.3 Å². The van der Waals surface area contributed by atoms with Crippen molar-refractivity contribution in [2.75, 3.05) is 13.7 Å². The van der Waals surface area contributed by atoms with Crippen molar-refractivity contribution in [3.8, 4) is 11.4 Å². The normalized spacial score (nSPS) is 15.2. The third kappa shape index (κ3) is 4.62. The van der Waals surface area contributed by atoms with E-state index in [1.54, 1.807) is 25.5 Å². The van der Waals surface area contributed by atoms with E-state index in [-0.39, 0.29) is 12.2 Å². The number of esters is 1. The lowest BCUT2D eigenvalue weighted by molar-refractivity contribution is -0.139. The Hall–Kier alpha value is -4.17. The van der Waals surface area contributed by atoms with E-state index in [1.165, 1.54) is 22.5 Å². The number of hydrogen-bond acceptors (Lipinski definition) is 6. The number of carbonyl (C=O) groups excluding carboxylic acids is 1. The summed E-state index contributed by atoms with van der Waals surface area (Å²) >= 11 is 1.32. The second kappa shape index (κ2) is 10.8. The van der Waals surface area contributed by atoms with E-state index in [4.69, 9.17) is 9.47 Å². The molecule has 0 fully saturated rings. The summed E-state index contributed by atoms with van der Waals surface area (Å²) in [4.78, 5) is 32.4. The lowest BCUT2D eigenvalue weighted by Crippen LogP contribution is -2.40. The zero-order chi connectivity index (χ0) is 28.7. The number of carbonyl (C=O) groups is 1. The molecule has 0 unspecified atom stereocenters. The zero-order valence-corrected chi connectivity index (χ0v) is 24.7. The molecule has 0 bridgehead atoms. The van der Waals surface area contributed by atoms with Crippen molar-refractivity contribution < 1.29 is 14.3 Å². The van der Waals surface area contributed by atoms with E-state index in [0.29, 0.717) is 31.9 Å². The highest BCUT2D eigenvalue weighted by Crippen LogP contribution is 2.35. The number of aryl methyl sites for hydroxylation is 3. The fraction of sp³-hybridized carbons (Fsp3) is 0.281. The summed E-state index contributed by atoms with van der Waals surface area (Å²) in [6.07, 6.45) is 1.92. The van der Waals surface area contributed by atoms with Gasteiger partial charge in [-0.05, 0) is 88.6 Å². The van der Waals surface area contributed by atoms with Crippen LogP contribution in [0.3, 0.4) is 0 Å². The van der Waals surface area contributed by atoms with Crippen molar-refractivity contribution in [3.05, 3.63) is 113 Å². The molecule has 0 saturated heterocycles. The minimum Gasteiger partial charge on any atom is -0.496 e. The number of hydrogen-bond donors (Lipinski definition) is 0. The van der Waals surface area contributed by atoms with Crippen LogP contribution in [0.5, 0.6) is 5.75 Å². The van der Waals surface area contributed by atoms with Crippen LogP contribution in [0.25, 0.3) is 11.8 Å². The summed E-state index contributed by atoms with van der Waals surface area (Å²) in [5.74, 6) is 0.0846. The Balaban J connectivity index is 1.71. The van der Waals surface area contributed by atoms with Crippen molar-refractivity contribution >= 4 is 23.4 Å². The Morgan fingerprint density at radius 1 is 1.05 bits per heavy atom. The average Bonchev–Trinajstić information content (AvgIpc) is 3.38. The summed E-state index contributed by atoms with van der Waals surface area (Å²) < 4.78 is 15.4. The maximum Gasteiger partial charge on any atom is 0.338 e. The van der Waals surface area contributed by atoms with Gasteiger partial charge in [0.15, 0.2) is 4.80 Å². The highest BCUT2D eigenvalue weighted by atomic mass is 32.1. The number of methoxy groups -OCH3 is 1. The van der Waals surface area contributed by atoms with Crippen LogP contribution in [0.1, 0.15) is 53.5 Å². The monoisotopic (exact) mass is 555 g/mol. The molecule has 2 aromatic carbocycles. The largest absolute Gasteiger partial charge is 0.496 e. The number of fused-ring (bicyclic) bond motifs is 1. The molecule has 2 aromatic heterocycles. The molecule has 40 heavy (non-hydrogen) atoms. The van der Waals surface area contributed by atoms with Gasteiger partial charge in [-0.25, -0.2) is 9.79 Å². The summed E-state index contributed by atoms with van der Waals surface area (Å²) in [6, 6.07) is 15.2. The number of thiazole rings is 1. The van der Waals surface area contributed by atoms with Crippen LogP contribution in [0.2, 0.25) is 0 Å². The minimum absolute atomic E-state index is 0.217. The Bertz CT molecular complexity index is 1860. The lowest BCUT2D eigenvalue weighted by Gasteiger charge is -2.25. The second-order valence-corrected chi connectivity index (χ2v) is 11.0. The molecule has 1 atom stereocenters. The third-order valence-corrected chi connectivity index (χ3v) is 8.44. The van der Waals surface area contributed by atoms with Gasteiger partial charge in [-0.2, -0.15) is 0 Å². The van der Waals surface area contributed by atoms with Crippen molar-refractivity contribution in [1.82, 2.24) is 9.13 Å². The molecule has 0 radical (unpaired) electrons. The number of aromatic nitrogens is 2. The van der Waals surface area contributed by atoms with Gasteiger partial charge in [0.25, 0.3) is 5.56 Å². The van der Waals surface area contributed by atoms with Crippen molar-refractivity contribution in [2.45, 2.75) is 47.6 Å². The molecular weight excluding hydrogens is 522 g/mol. The number of nitrogens with zero attached hydrogens (tertiary/aromatic N) is 3. The molecule has 3 heterocycles. The molecule has 0 amide bonds. The topological polar surface area (TPSA) is 74.8 Å². The fourth-order valence-electron chi connectivity index (χ4n) is 5.32. The Labute approximate surface area is 237 Å². The number of para-hydroxylation sites is 1. The number of ether oxygens (including phenoxy) is 2. The predicted octanol–water partition coefficient (Wildman–Crippen LogP) is 4.83. The van der Waals surface area contributed by atoms with Crippen LogP contribution < -0.4 is 19.6 Å². The highest BCUT2D eigenvalue weighted by molar-refractivity contribution is 7.07. The average molecular weight is 556 g/mol. The number of benzene rings is 2. The first-order valence-corrected chi connectivity index (χ1v) is 14.1. The SMILES string of the molecule is CCOC(=O)C1=C(C)N=c2s/c(=C/c3cc(C)n(-c4ccc(C)c(C)c4)c3C)c(=O)n2[C@H]1c1ccccc1OC. The smallest absolute Gasteiger partial charge is 0.338 e. The molecule has 4 aromatic rings. The van der Waals surface area contributed by atoms with Gasteiger partial charge in [-0.3, -0.25) is 9.36 Å². The predicted molar refractivity (Wildman–Crippen MR) is 158 cm³/mol. The van der Waals surface area contributed by atoms with E-state index in [9.17, 15) is 9.59 Å². The second-order valence-electron chi connectivity index (χ2n) is 9.97. The molecule has 5 rings (SSSR count). The van der Waals surface area contributed by atoms with Gasteiger partial charge in [0, 0.05) is 22.6 Å². The molecule has 8 heteroatoms. The number of allylic oxidation sites excluding steroid dienone is 1. The summed E-state index contributed by atoms with van der Waals surface area (Å²) in [7, 11) is 1.58. The molecule has 7 nitrogen and oxygen atoms in total. The van der Waals surface area contributed by atoms with Crippen LogP contribution in [0.4, 0.5) is 0 Å². The maximum absolute atomic E-state index is 14.0. The van der Waals surface area contributed by atoms with Gasteiger partial charge < -0.3 is 14.0 Å². The first-order valence-electron chi connectivity index (χ1n) is 13.2. The number of rotatable bonds is 6. The Morgan fingerprint density at radius 3 is 2.50 bits per heavy atom. The molecule has 0 spiro atoms. The molecule has 1 aliphatic rings. The lowest BCUT2D eigenvalue weighted by atomic mass is 9.95. The molecular formula is C32H33N3O4S. The summed E-state index contributed by atoms with van der Waals surface area (Å²) in [5, 5.41) is 0. The molecule has 206 valence electrons. The molecule has 0 N–H and O–H groups in total. The highest BCUT2D eigenvalue weighted by Gasteiger charge is 2.35. The van der Waals surface area contributed by atoms with Crippen LogP contribution in [0, 0.1) is 27.7 Å². The van der Waals surface area contributed by atoms with E-state index in [2.05, 4.69) is 61.5 Å². The maximum atomic E-state index is 14.0. The molecule has 0 saturated carbocycles. The standard InChI is InChI=1S/C32H33N3O4S/c1-8-39-31(37)28-21(5)33-32-35(29(28)25-11-9-10-12-26(25)38-7)30(36)27(40-32)17-23-16-20(4)34(22(23)6)24-14-13-18(2)19(3)15-24/h9-17,29H,8H2,1-7H3/b27-17+/t29-/m0/s1. The molecule has 0 aliphatic carbocycles. The quantitative estimate of drug-likeness (QED) is 0.320. The van der Waals surface area contributed by atoms with Gasteiger partial charge in [-0.1, -0.05) is 35.6 Å². The minimum atomic E-state index is -0.725. The molecule has 1 aliphatic heterocycles. The van der Waals surface area contributed by atoms with E-state index < -0.39 is 12.0 Å². The first kappa shape index (κ1) is 27.4. The summed E-state index contributed by atoms with van der Waals surface area (Å²) in [5.41, 5.74) is 7.96. The van der Waals surface area contributed by atoms with E-state index in [1.807, 2.05) is 30.3 Å². The Morgan fingerprint density at radius 2 is 1.80 bits per heavy atom. The van der Waals surface area contributed by atoms with Gasteiger partial charge in [0.05, 0.1) is 29.5 Å². The van der Waals surface area contributed by atoms with Gasteiger partial charge >= 0.3 is 5.97 Å². The van der Waals surface area contributed by atoms with Gasteiger partial charge in [-0.15, -0.1) is 0 Å². The van der Waals surface area contributed by atoms with Crippen LogP contribution in [0.15, 0.2) is 69.6 Å². The van der Waals surface area contributed by atoms with Crippen LogP contribution in [-0.2, 0) is 9.53 Å². The van der Waals surface area contributed by atoms with Crippen molar-refractivity contribution in [3.63, 3.8) is 0 Å². The fourth-order valence-corrected chi connectivity index (χ4v) is 6.35. The van der Waals surface area contributed by atoms with E-state index >= 15 is 0 Å². The zero-order valence-electron chi connectivity index (χ0n) is 23.9. The third-order valence-electron chi connectivity index (χ3n) is 7.46. The van der Waals surface area contributed by atoms with Crippen molar-refractivity contribution in [2.24, 2.45) is 4.99 Å². The van der Waals surface area contributed by atoms with Crippen molar-refractivity contribution in [1.29, 1.82) is 0 Å².